The minimum atomic E-state index is -0.202. The van der Waals surface area contributed by atoms with Gasteiger partial charge in [0.15, 0.2) is 0 Å². The van der Waals surface area contributed by atoms with Crippen molar-refractivity contribution in [3.05, 3.63) is 58.1 Å². The van der Waals surface area contributed by atoms with E-state index in [4.69, 9.17) is 4.74 Å². The molecule has 0 spiro atoms. The summed E-state index contributed by atoms with van der Waals surface area (Å²) in [6, 6.07) is 13.5. The van der Waals surface area contributed by atoms with E-state index in [0.717, 1.165) is 27.9 Å². The topological polar surface area (TPSA) is 50.4 Å². The van der Waals surface area contributed by atoms with Gasteiger partial charge in [0, 0.05) is 16.7 Å². The van der Waals surface area contributed by atoms with E-state index in [-0.39, 0.29) is 6.03 Å². The highest BCUT2D eigenvalue weighted by Crippen LogP contribution is 2.23. The third-order valence-corrected chi connectivity index (χ3v) is 4.01. The van der Waals surface area contributed by atoms with Gasteiger partial charge in [-0.25, -0.2) is 4.79 Å². The molecule has 2 amide bonds. The number of halogens is 1. The molecule has 23 heavy (non-hydrogen) atoms. The molecule has 0 aliphatic heterocycles. The fourth-order valence-electron chi connectivity index (χ4n) is 2.30. The lowest BCUT2D eigenvalue weighted by Gasteiger charge is -2.11. The molecule has 4 nitrogen and oxygen atoms in total. The Bertz CT molecular complexity index is 674. The van der Waals surface area contributed by atoms with Gasteiger partial charge in [-0.3, -0.25) is 0 Å². The van der Waals surface area contributed by atoms with Crippen LogP contribution in [0.2, 0.25) is 0 Å². The first-order valence-corrected chi connectivity index (χ1v) is 8.38. The molecule has 0 heterocycles. The van der Waals surface area contributed by atoms with E-state index in [1.165, 1.54) is 5.56 Å². The molecule has 0 fully saturated rings. The Morgan fingerprint density at radius 1 is 1.22 bits per heavy atom. The second-order valence-electron chi connectivity index (χ2n) is 5.14. The minimum absolute atomic E-state index is 0.202. The van der Waals surface area contributed by atoms with Crippen LogP contribution < -0.4 is 15.4 Å². The van der Waals surface area contributed by atoms with Gasteiger partial charge in [0.1, 0.15) is 5.75 Å². The number of benzene rings is 2. The molecule has 0 saturated carbocycles. The first kappa shape index (κ1) is 17.3. The standard InChI is InChI=1S/C18H21BrN2O2/c1-3-13-5-4-6-16(11-13)21-18(22)20-10-9-14-12-15(19)7-8-17(14)23-2/h4-8,11-12H,3,9-10H2,1-2H3,(H2,20,21,22). The van der Waals surface area contributed by atoms with E-state index in [0.29, 0.717) is 13.0 Å². The molecule has 0 bridgehead atoms. The summed E-state index contributed by atoms with van der Waals surface area (Å²) in [6.45, 7) is 2.62. The molecule has 2 aromatic rings. The summed E-state index contributed by atoms with van der Waals surface area (Å²) in [5, 5.41) is 5.72. The van der Waals surface area contributed by atoms with E-state index >= 15 is 0 Å². The van der Waals surface area contributed by atoms with Crippen molar-refractivity contribution in [3.63, 3.8) is 0 Å². The molecule has 0 atom stereocenters. The Balaban J connectivity index is 1.86. The Morgan fingerprint density at radius 2 is 2.04 bits per heavy atom. The molecule has 2 aromatic carbocycles. The average Bonchev–Trinajstić information content (AvgIpc) is 2.55. The quantitative estimate of drug-likeness (QED) is 0.785. The van der Waals surface area contributed by atoms with Gasteiger partial charge in [0.25, 0.3) is 0 Å². The van der Waals surface area contributed by atoms with Crippen LogP contribution in [0.3, 0.4) is 0 Å². The lowest BCUT2D eigenvalue weighted by Crippen LogP contribution is -2.30. The number of aryl methyl sites for hydroxylation is 1. The van der Waals surface area contributed by atoms with Crippen LogP contribution >= 0.6 is 15.9 Å². The fraction of sp³-hybridized carbons (Fsp3) is 0.278. The van der Waals surface area contributed by atoms with Crippen molar-refractivity contribution in [2.24, 2.45) is 0 Å². The number of ether oxygens (including phenoxy) is 1. The molecule has 2 rings (SSSR count). The highest BCUT2D eigenvalue weighted by atomic mass is 79.9. The number of carbonyl (C=O) groups is 1. The Hall–Kier alpha value is -2.01. The zero-order chi connectivity index (χ0) is 16.7. The SMILES string of the molecule is CCc1cccc(NC(=O)NCCc2cc(Br)ccc2OC)c1. The molecule has 2 N–H and O–H groups in total. The molecule has 5 heteroatoms. The lowest BCUT2D eigenvalue weighted by atomic mass is 10.1. The van der Waals surface area contributed by atoms with Gasteiger partial charge in [0.05, 0.1) is 7.11 Å². The van der Waals surface area contributed by atoms with Crippen LogP contribution in [-0.4, -0.2) is 19.7 Å². The monoisotopic (exact) mass is 376 g/mol. The summed E-state index contributed by atoms with van der Waals surface area (Å²) in [7, 11) is 1.65. The van der Waals surface area contributed by atoms with Crippen LogP contribution in [0.15, 0.2) is 46.9 Å². The van der Waals surface area contributed by atoms with Crippen molar-refractivity contribution >= 4 is 27.6 Å². The summed E-state index contributed by atoms with van der Waals surface area (Å²) >= 11 is 3.45. The average molecular weight is 377 g/mol. The minimum Gasteiger partial charge on any atom is -0.496 e. The molecule has 0 aromatic heterocycles. The van der Waals surface area contributed by atoms with Gasteiger partial charge in [0.2, 0.25) is 0 Å². The summed E-state index contributed by atoms with van der Waals surface area (Å²) in [5.74, 6) is 0.825. The van der Waals surface area contributed by atoms with Gasteiger partial charge in [-0.2, -0.15) is 0 Å². The Kier molecular flexibility index (Phi) is 6.47. The highest BCUT2D eigenvalue weighted by molar-refractivity contribution is 9.10. The molecule has 0 aliphatic carbocycles. The second kappa shape index (κ2) is 8.58. The number of amides is 2. The van der Waals surface area contributed by atoms with Crippen molar-refractivity contribution in [1.29, 1.82) is 0 Å². The van der Waals surface area contributed by atoms with Crippen LogP contribution in [-0.2, 0) is 12.8 Å². The third-order valence-electron chi connectivity index (χ3n) is 3.52. The van der Waals surface area contributed by atoms with Crippen molar-refractivity contribution in [1.82, 2.24) is 5.32 Å². The molecule has 0 aliphatic rings. The molecule has 0 saturated heterocycles. The van der Waals surface area contributed by atoms with Crippen LogP contribution in [0.1, 0.15) is 18.1 Å². The van der Waals surface area contributed by atoms with E-state index in [1.807, 2.05) is 42.5 Å². The number of nitrogens with one attached hydrogen (secondary N) is 2. The van der Waals surface area contributed by atoms with Gasteiger partial charge in [-0.15, -0.1) is 0 Å². The van der Waals surface area contributed by atoms with E-state index in [9.17, 15) is 4.79 Å². The number of rotatable bonds is 6. The number of hydrogen-bond donors (Lipinski definition) is 2. The number of anilines is 1. The molecule has 0 unspecified atom stereocenters. The smallest absolute Gasteiger partial charge is 0.319 e. The zero-order valence-corrected chi connectivity index (χ0v) is 14.9. The second-order valence-corrected chi connectivity index (χ2v) is 6.06. The Labute approximate surface area is 145 Å². The van der Waals surface area contributed by atoms with E-state index in [1.54, 1.807) is 7.11 Å². The van der Waals surface area contributed by atoms with Crippen LogP contribution in [0.25, 0.3) is 0 Å². The van der Waals surface area contributed by atoms with Gasteiger partial charge in [-0.1, -0.05) is 35.0 Å². The molecular weight excluding hydrogens is 356 g/mol. The van der Waals surface area contributed by atoms with Crippen molar-refractivity contribution in [2.75, 3.05) is 19.0 Å². The van der Waals surface area contributed by atoms with Crippen molar-refractivity contribution < 1.29 is 9.53 Å². The highest BCUT2D eigenvalue weighted by Gasteiger charge is 2.06. The Morgan fingerprint density at radius 3 is 2.78 bits per heavy atom. The van der Waals surface area contributed by atoms with Crippen LogP contribution in [0, 0.1) is 0 Å². The number of hydrogen-bond acceptors (Lipinski definition) is 2. The van der Waals surface area contributed by atoms with Gasteiger partial charge < -0.3 is 15.4 Å². The summed E-state index contributed by atoms with van der Waals surface area (Å²) in [6.07, 6.45) is 1.64. The zero-order valence-electron chi connectivity index (χ0n) is 13.4. The van der Waals surface area contributed by atoms with Gasteiger partial charge >= 0.3 is 6.03 Å². The fourth-order valence-corrected chi connectivity index (χ4v) is 2.71. The predicted octanol–water partition coefficient (Wildman–Crippen LogP) is 4.38. The third kappa shape index (κ3) is 5.28. The van der Waals surface area contributed by atoms with E-state index in [2.05, 4.69) is 33.5 Å². The lowest BCUT2D eigenvalue weighted by molar-refractivity contribution is 0.252. The summed E-state index contributed by atoms with van der Waals surface area (Å²) in [4.78, 5) is 12.0. The predicted molar refractivity (Wildman–Crippen MR) is 97.2 cm³/mol. The maximum absolute atomic E-state index is 12.0. The first-order chi connectivity index (χ1) is 11.1. The van der Waals surface area contributed by atoms with Crippen molar-refractivity contribution in [3.8, 4) is 5.75 Å². The van der Waals surface area contributed by atoms with Crippen LogP contribution in [0.5, 0.6) is 5.75 Å². The van der Waals surface area contributed by atoms with Gasteiger partial charge in [-0.05, 0) is 54.3 Å². The number of urea groups is 1. The maximum atomic E-state index is 12.0. The van der Waals surface area contributed by atoms with Crippen molar-refractivity contribution in [2.45, 2.75) is 19.8 Å². The van der Waals surface area contributed by atoms with E-state index < -0.39 is 0 Å². The largest absolute Gasteiger partial charge is 0.496 e. The molecular formula is C18H21BrN2O2. The number of methoxy groups -OCH3 is 1. The summed E-state index contributed by atoms with van der Waals surface area (Å²) in [5.41, 5.74) is 3.05. The normalized spacial score (nSPS) is 10.2. The molecule has 122 valence electrons. The summed E-state index contributed by atoms with van der Waals surface area (Å²) < 4.78 is 6.32. The first-order valence-electron chi connectivity index (χ1n) is 7.58. The van der Waals surface area contributed by atoms with Crippen LogP contribution in [0.4, 0.5) is 10.5 Å². The maximum Gasteiger partial charge on any atom is 0.319 e. The molecule has 0 radical (unpaired) electrons. The number of carbonyl (C=O) groups excluding carboxylic acids is 1.